The Balaban J connectivity index is 1.75. The third kappa shape index (κ3) is 2.61. The molecule has 0 aliphatic carbocycles. The van der Waals surface area contributed by atoms with Crippen molar-refractivity contribution >= 4 is 48.6 Å². The van der Waals surface area contributed by atoms with Crippen molar-refractivity contribution in [1.29, 1.82) is 0 Å². The molecule has 1 aromatic heterocycles. The molecule has 142 valence electrons. The average Bonchev–Trinajstić information content (AvgIpc) is 3.20. The molecule has 0 saturated heterocycles. The molecule has 0 spiro atoms. The number of furan rings is 1. The molecule has 30 heavy (non-hydrogen) atoms. The van der Waals surface area contributed by atoms with Gasteiger partial charge in [0.15, 0.2) is 0 Å². The van der Waals surface area contributed by atoms with E-state index in [1.54, 1.807) is 0 Å². The molecule has 5 aromatic carbocycles. The van der Waals surface area contributed by atoms with Gasteiger partial charge in [-0.2, -0.15) is 0 Å². The van der Waals surface area contributed by atoms with Crippen molar-refractivity contribution in [2.45, 2.75) is 0 Å². The van der Waals surface area contributed by atoms with Crippen molar-refractivity contribution in [2.75, 3.05) is 0 Å². The molecule has 1 nitrogen and oxygen atoms in total. The maximum absolute atomic E-state index is 6.38. The monoisotopic (exact) mass is 448 g/mol. The quantitative estimate of drug-likeness (QED) is 0.257. The van der Waals surface area contributed by atoms with Crippen LogP contribution in [0.5, 0.6) is 0 Å². The van der Waals surface area contributed by atoms with Crippen LogP contribution in [-0.2, 0) is 0 Å². The molecule has 0 atom stereocenters. The first-order chi connectivity index (χ1) is 14.8. The highest BCUT2D eigenvalue weighted by atomic mass is 79.9. The fourth-order valence-electron chi connectivity index (χ4n) is 4.42. The first-order valence-electron chi connectivity index (χ1n) is 9.98. The summed E-state index contributed by atoms with van der Waals surface area (Å²) in [4.78, 5) is 0. The van der Waals surface area contributed by atoms with Crippen LogP contribution in [0.25, 0.3) is 55.0 Å². The summed E-state index contributed by atoms with van der Waals surface area (Å²) in [5, 5.41) is 4.72. The van der Waals surface area contributed by atoms with E-state index in [1.165, 1.54) is 27.5 Å². The Hall–Kier alpha value is -3.36. The highest BCUT2D eigenvalue weighted by Gasteiger charge is 2.17. The minimum absolute atomic E-state index is 0.907. The summed E-state index contributed by atoms with van der Waals surface area (Å²) in [6.07, 6.45) is 0. The second-order valence-electron chi connectivity index (χ2n) is 7.47. The summed E-state index contributed by atoms with van der Waals surface area (Å²) < 4.78 is 7.43. The molecule has 1 heterocycles. The Morgan fingerprint density at radius 3 is 2.10 bits per heavy atom. The Bertz CT molecular complexity index is 1540. The van der Waals surface area contributed by atoms with Crippen LogP contribution < -0.4 is 0 Å². The normalized spacial score (nSPS) is 11.5. The lowest BCUT2D eigenvalue weighted by Gasteiger charge is -2.13. The molecule has 0 aliphatic heterocycles. The number of halogens is 1. The number of rotatable bonds is 2. The molecule has 6 rings (SSSR count). The van der Waals surface area contributed by atoms with Crippen LogP contribution in [0.2, 0.25) is 0 Å². The topological polar surface area (TPSA) is 13.1 Å². The molecule has 0 fully saturated rings. The predicted molar refractivity (Wildman–Crippen MR) is 130 cm³/mol. The lowest BCUT2D eigenvalue weighted by atomic mass is 9.91. The molecule has 0 bridgehead atoms. The fraction of sp³-hybridized carbons (Fsp3) is 0. The van der Waals surface area contributed by atoms with E-state index in [0.717, 1.165) is 32.0 Å². The lowest BCUT2D eigenvalue weighted by molar-refractivity contribution is 0.670. The second-order valence-corrected chi connectivity index (χ2v) is 8.33. The summed E-state index contributed by atoms with van der Waals surface area (Å²) in [5.41, 5.74) is 6.57. The highest BCUT2D eigenvalue weighted by molar-refractivity contribution is 9.10. The van der Waals surface area contributed by atoms with Gasteiger partial charge in [0, 0.05) is 20.8 Å². The third-order valence-corrected chi connectivity index (χ3v) is 6.42. The fourth-order valence-corrected chi connectivity index (χ4v) is 4.95. The third-order valence-electron chi connectivity index (χ3n) is 5.75. The van der Waals surface area contributed by atoms with Gasteiger partial charge in [-0.05, 0) is 45.7 Å². The van der Waals surface area contributed by atoms with E-state index in [0.29, 0.717) is 0 Å². The van der Waals surface area contributed by atoms with Gasteiger partial charge in [-0.25, -0.2) is 0 Å². The van der Waals surface area contributed by atoms with Crippen LogP contribution >= 0.6 is 15.9 Å². The molecule has 0 aliphatic rings. The number of benzene rings is 5. The summed E-state index contributed by atoms with van der Waals surface area (Å²) in [7, 11) is 0. The van der Waals surface area contributed by atoms with Gasteiger partial charge in [0.05, 0.1) is 0 Å². The van der Waals surface area contributed by atoms with Crippen molar-refractivity contribution in [3.63, 3.8) is 0 Å². The van der Waals surface area contributed by atoms with Gasteiger partial charge in [-0.1, -0.05) is 101 Å². The van der Waals surface area contributed by atoms with Gasteiger partial charge < -0.3 is 4.42 Å². The Labute approximate surface area is 182 Å². The molecule has 0 amide bonds. The molecule has 0 saturated carbocycles. The zero-order valence-electron chi connectivity index (χ0n) is 16.1. The van der Waals surface area contributed by atoms with Crippen molar-refractivity contribution in [3.05, 3.63) is 108 Å². The first kappa shape index (κ1) is 17.5. The zero-order chi connectivity index (χ0) is 20.1. The molecule has 2 heteroatoms. The maximum Gasteiger partial charge on any atom is 0.144 e. The molecule has 0 radical (unpaired) electrons. The van der Waals surface area contributed by atoms with Crippen molar-refractivity contribution in [1.82, 2.24) is 0 Å². The number of hydrogen-bond acceptors (Lipinski definition) is 1. The molecular weight excluding hydrogens is 432 g/mol. The van der Waals surface area contributed by atoms with E-state index >= 15 is 0 Å². The zero-order valence-corrected chi connectivity index (χ0v) is 17.7. The molecular formula is C28H17BrO. The van der Waals surface area contributed by atoms with Crippen LogP contribution in [-0.4, -0.2) is 0 Å². The number of hydrogen-bond donors (Lipinski definition) is 0. The van der Waals surface area contributed by atoms with E-state index in [-0.39, 0.29) is 0 Å². The summed E-state index contributed by atoms with van der Waals surface area (Å²) in [6, 6.07) is 36.1. The number of fused-ring (bicyclic) bond motifs is 4. The van der Waals surface area contributed by atoms with Gasteiger partial charge in [-0.15, -0.1) is 0 Å². The summed E-state index contributed by atoms with van der Waals surface area (Å²) in [6.45, 7) is 0. The predicted octanol–water partition coefficient (Wildman–Crippen LogP) is 8.84. The first-order valence-corrected chi connectivity index (χ1v) is 10.8. The minimum Gasteiger partial charge on any atom is -0.455 e. The van der Waals surface area contributed by atoms with E-state index < -0.39 is 0 Å². The van der Waals surface area contributed by atoms with Crippen LogP contribution in [0.1, 0.15) is 0 Å². The molecule has 6 aromatic rings. The maximum atomic E-state index is 6.38. The minimum atomic E-state index is 0.907. The summed E-state index contributed by atoms with van der Waals surface area (Å²) in [5.74, 6) is 0. The highest BCUT2D eigenvalue weighted by Crippen LogP contribution is 2.43. The average molecular weight is 449 g/mol. The molecule has 0 unspecified atom stereocenters. The van der Waals surface area contributed by atoms with Crippen LogP contribution in [0.3, 0.4) is 0 Å². The van der Waals surface area contributed by atoms with Crippen molar-refractivity contribution in [2.24, 2.45) is 0 Å². The van der Waals surface area contributed by atoms with Gasteiger partial charge in [0.2, 0.25) is 0 Å². The van der Waals surface area contributed by atoms with Crippen LogP contribution in [0.15, 0.2) is 112 Å². The Kier molecular flexibility index (Phi) is 4.00. The Morgan fingerprint density at radius 1 is 0.533 bits per heavy atom. The Morgan fingerprint density at radius 2 is 1.27 bits per heavy atom. The van der Waals surface area contributed by atoms with E-state index in [1.807, 2.05) is 12.1 Å². The van der Waals surface area contributed by atoms with Crippen molar-refractivity contribution in [3.8, 4) is 22.3 Å². The van der Waals surface area contributed by atoms with Crippen LogP contribution in [0.4, 0.5) is 0 Å². The number of para-hydroxylation sites is 1. The SMILES string of the molecule is Brc1ccc(-c2cccc3cccc(-c4ccccc4)c23)c2oc3ccccc3c12. The van der Waals surface area contributed by atoms with Gasteiger partial charge in [0.1, 0.15) is 11.2 Å². The van der Waals surface area contributed by atoms with E-state index in [2.05, 4.69) is 107 Å². The lowest BCUT2D eigenvalue weighted by Crippen LogP contribution is -1.87. The van der Waals surface area contributed by atoms with Gasteiger partial charge >= 0.3 is 0 Å². The van der Waals surface area contributed by atoms with E-state index in [9.17, 15) is 0 Å². The standard InChI is InChI=1S/C28H17BrO/c29-24-17-16-22(28-27(24)23-12-4-5-15-25(23)30-28)21-14-7-11-19-10-6-13-20(26(19)21)18-8-2-1-3-9-18/h1-17H. The van der Waals surface area contributed by atoms with Crippen LogP contribution in [0, 0.1) is 0 Å². The largest absolute Gasteiger partial charge is 0.455 e. The van der Waals surface area contributed by atoms with Gasteiger partial charge in [-0.3, -0.25) is 0 Å². The smallest absolute Gasteiger partial charge is 0.144 e. The second kappa shape index (κ2) is 6.86. The van der Waals surface area contributed by atoms with Crippen molar-refractivity contribution < 1.29 is 4.42 Å². The molecule has 0 N–H and O–H groups in total. The summed E-state index contributed by atoms with van der Waals surface area (Å²) >= 11 is 3.74. The van der Waals surface area contributed by atoms with Gasteiger partial charge in [0.25, 0.3) is 0 Å². The van der Waals surface area contributed by atoms with E-state index in [4.69, 9.17) is 4.42 Å².